The van der Waals surface area contributed by atoms with Gasteiger partial charge in [-0.3, -0.25) is 0 Å². The van der Waals surface area contributed by atoms with E-state index in [4.69, 9.17) is 21.1 Å². The number of ether oxygens (including phenoxy) is 2. The number of aliphatic hydroxyl groups is 1. The van der Waals surface area contributed by atoms with Crippen molar-refractivity contribution in [3.05, 3.63) is 82.4 Å². The standard InChI is InChI=1S/C31H41ClN2O4/c1-30(2)27(23-10-6-5-7-11-23)12-8-14-31(30,37-17-9-15-34-16-13-26(35)21-34)38-22-25-19-29(36)24(18-28(25)32)20-33(3)4/h5-8,10-12,14,18-19,26,35-36H,9,13,15-17,20-22H2,1-4H3/t26-,31?/m1/s1. The summed E-state index contributed by atoms with van der Waals surface area (Å²) in [6.45, 7) is 8.07. The highest BCUT2D eigenvalue weighted by atomic mass is 35.5. The van der Waals surface area contributed by atoms with Crippen molar-refractivity contribution >= 4 is 17.2 Å². The molecule has 1 saturated heterocycles. The summed E-state index contributed by atoms with van der Waals surface area (Å²) < 4.78 is 13.3. The molecule has 7 heteroatoms. The van der Waals surface area contributed by atoms with Gasteiger partial charge in [-0.05, 0) is 56.3 Å². The van der Waals surface area contributed by atoms with Gasteiger partial charge in [-0.25, -0.2) is 0 Å². The van der Waals surface area contributed by atoms with E-state index < -0.39 is 11.2 Å². The van der Waals surface area contributed by atoms with Gasteiger partial charge in [0.25, 0.3) is 0 Å². The molecule has 0 saturated carbocycles. The molecule has 0 radical (unpaired) electrons. The minimum absolute atomic E-state index is 0.183. The van der Waals surface area contributed by atoms with Gasteiger partial charge >= 0.3 is 0 Å². The van der Waals surface area contributed by atoms with Gasteiger partial charge in [0, 0.05) is 47.7 Å². The quantitative estimate of drug-likeness (QED) is 0.291. The molecular formula is C31H41ClN2O4. The minimum Gasteiger partial charge on any atom is -0.508 e. The number of allylic oxidation sites excluding steroid dienone is 2. The summed E-state index contributed by atoms with van der Waals surface area (Å²) in [5, 5.41) is 21.0. The van der Waals surface area contributed by atoms with E-state index in [2.05, 4.69) is 37.0 Å². The Labute approximate surface area is 232 Å². The van der Waals surface area contributed by atoms with E-state index in [0.717, 1.165) is 49.2 Å². The summed E-state index contributed by atoms with van der Waals surface area (Å²) in [4.78, 5) is 4.26. The Balaban J connectivity index is 1.55. The van der Waals surface area contributed by atoms with Crippen molar-refractivity contribution in [1.29, 1.82) is 0 Å². The predicted octanol–water partition coefficient (Wildman–Crippen LogP) is 5.47. The molecule has 2 aromatic carbocycles. The molecule has 4 rings (SSSR count). The molecule has 2 atom stereocenters. The van der Waals surface area contributed by atoms with Gasteiger partial charge in [0.2, 0.25) is 0 Å². The maximum absolute atomic E-state index is 10.6. The van der Waals surface area contributed by atoms with Crippen LogP contribution in [0.25, 0.3) is 5.57 Å². The van der Waals surface area contributed by atoms with E-state index in [1.165, 1.54) is 0 Å². The molecular weight excluding hydrogens is 500 g/mol. The van der Waals surface area contributed by atoms with Crippen LogP contribution in [0.5, 0.6) is 5.75 Å². The van der Waals surface area contributed by atoms with E-state index in [1.54, 1.807) is 6.07 Å². The van der Waals surface area contributed by atoms with Crippen molar-refractivity contribution in [3.8, 4) is 5.75 Å². The molecule has 0 bridgehead atoms. The van der Waals surface area contributed by atoms with E-state index in [-0.39, 0.29) is 18.5 Å². The van der Waals surface area contributed by atoms with Crippen LogP contribution in [0.3, 0.4) is 0 Å². The molecule has 1 aliphatic carbocycles. The fourth-order valence-electron chi connectivity index (χ4n) is 5.39. The SMILES string of the molecule is CN(C)Cc1cc(Cl)c(COC2(OCCCN3CC[C@@H](O)C3)C=CC=C(c3ccccc3)C2(C)C)cc1O. The van der Waals surface area contributed by atoms with Crippen LogP contribution >= 0.6 is 11.6 Å². The first-order chi connectivity index (χ1) is 18.1. The largest absolute Gasteiger partial charge is 0.508 e. The monoisotopic (exact) mass is 540 g/mol. The molecule has 2 aromatic rings. The lowest BCUT2D eigenvalue weighted by molar-refractivity contribution is -0.253. The second-order valence-electron chi connectivity index (χ2n) is 11.1. The van der Waals surface area contributed by atoms with Crippen LogP contribution in [0.4, 0.5) is 0 Å². The number of rotatable bonds is 11. The van der Waals surface area contributed by atoms with Crippen LogP contribution in [-0.4, -0.2) is 72.2 Å². The van der Waals surface area contributed by atoms with Gasteiger partial charge in [-0.2, -0.15) is 0 Å². The van der Waals surface area contributed by atoms with E-state index in [9.17, 15) is 10.2 Å². The Morgan fingerprint density at radius 1 is 1.11 bits per heavy atom. The van der Waals surface area contributed by atoms with Crippen LogP contribution in [0.15, 0.2) is 60.7 Å². The van der Waals surface area contributed by atoms with Crippen LogP contribution < -0.4 is 0 Å². The Hall–Kier alpha value is -2.19. The fourth-order valence-corrected chi connectivity index (χ4v) is 5.63. The normalized spacial score (nSPS) is 23.2. The predicted molar refractivity (Wildman–Crippen MR) is 153 cm³/mol. The van der Waals surface area contributed by atoms with E-state index >= 15 is 0 Å². The molecule has 2 N–H and O–H groups in total. The van der Waals surface area contributed by atoms with Crippen molar-refractivity contribution in [2.75, 3.05) is 40.3 Å². The molecule has 206 valence electrons. The summed E-state index contributed by atoms with van der Waals surface area (Å²) in [6.07, 6.45) is 7.55. The third kappa shape index (κ3) is 6.50. The van der Waals surface area contributed by atoms with Crippen LogP contribution in [0, 0.1) is 5.41 Å². The lowest BCUT2D eigenvalue weighted by atomic mass is 9.70. The summed E-state index contributed by atoms with van der Waals surface area (Å²) in [5.41, 5.74) is 3.20. The third-order valence-corrected chi connectivity index (χ3v) is 7.92. The summed E-state index contributed by atoms with van der Waals surface area (Å²) in [5.74, 6) is -0.841. The number of β-amino-alcohol motifs (C(OH)–C–C–N with tert-alkyl or cyclic N) is 1. The number of phenolic OH excluding ortho intramolecular Hbond substituents is 1. The first-order valence-electron chi connectivity index (χ1n) is 13.4. The summed E-state index contributed by atoms with van der Waals surface area (Å²) in [6, 6.07) is 13.8. The van der Waals surface area contributed by atoms with Gasteiger partial charge < -0.3 is 29.5 Å². The Kier molecular flexibility index (Phi) is 9.35. The Morgan fingerprint density at radius 3 is 2.55 bits per heavy atom. The number of hydrogen-bond acceptors (Lipinski definition) is 6. The van der Waals surface area contributed by atoms with E-state index in [1.807, 2.05) is 55.4 Å². The molecule has 0 amide bonds. The van der Waals surface area contributed by atoms with Crippen LogP contribution in [0.2, 0.25) is 5.02 Å². The molecule has 38 heavy (non-hydrogen) atoms. The average Bonchev–Trinajstić information content (AvgIpc) is 3.29. The molecule has 0 aromatic heterocycles. The smallest absolute Gasteiger partial charge is 0.197 e. The van der Waals surface area contributed by atoms with Crippen molar-refractivity contribution in [1.82, 2.24) is 9.80 Å². The lowest BCUT2D eigenvalue weighted by Crippen LogP contribution is -2.50. The summed E-state index contributed by atoms with van der Waals surface area (Å²) >= 11 is 6.65. The number of aromatic hydroxyl groups is 1. The molecule has 2 aliphatic rings. The first-order valence-corrected chi connectivity index (χ1v) is 13.8. The molecule has 0 spiro atoms. The van der Waals surface area contributed by atoms with Gasteiger partial charge in [0.15, 0.2) is 5.79 Å². The maximum atomic E-state index is 10.6. The molecule has 1 fully saturated rings. The first kappa shape index (κ1) is 28.8. The highest BCUT2D eigenvalue weighted by Gasteiger charge is 2.49. The Bertz CT molecular complexity index is 1150. The summed E-state index contributed by atoms with van der Waals surface area (Å²) in [7, 11) is 3.90. The number of aliphatic hydroxyl groups excluding tert-OH is 1. The highest BCUT2D eigenvalue weighted by Crippen LogP contribution is 2.50. The van der Waals surface area contributed by atoms with Gasteiger partial charge in [-0.15, -0.1) is 0 Å². The zero-order valence-electron chi connectivity index (χ0n) is 23.0. The zero-order valence-corrected chi connectivity index (χ0v) is 23.7. The third-order valence-electron chi connectivity index (χ3n) is 7.57. The van der Waals surface area contributed by atoms with E-state index in [0.29, 0.717) is 23.7 Å². The maximum Gasteiger partial charge on any atom is 0.197 e. The molecule has 1 aliphatic heterocycles. The molecule has 6 nitrogen and oxygen atoms in total. The van der Waals surface area contributed by atoms with Crippen molar-refractivity contribution in [2.24, 2.45) is 5.41 Å². The molecule has 1 unspecified atom stereocenters. The van der Waals surface area contributed by atoms with Crippen molar-refractivity contribution < 1.29 is 19.7 Å². The minimum atomic E-state index is -1.04. The average molecular weight is 541 g/mol. The fraction of sp³-hybridized carbons (Fsp3) is 0.484. The van der Waals surface area contributed by atoms with Crippen molar-refractivity contribution in [3.63, 3.8) is 0 Å². The zero-order chi connectivity index (χ0) is 27.3. The van der Waals surface area contributed by atoms with Gasteiger partial charge in [0.05, 0.1) is 19.3 Å². The second kappa shape index (κ2) is 12.3. The van der Waals surface area contributed by atoms with Crippen LogP contribution in [0.1, 0.15) is 43.4 Å². The van der Waals surface area contributed by atoms with Crippen molar-refractivity contribution in [2.45, 2.75) is 51.7 Å². The topological polar surface area (TPSA) is 65.4 Å². The highest BCUT2D eigenvalue weighted by molar-refractivity contribution is 6.31. The molecule has 1 heterocycles. The number of halogens is 1. The number of benzene rings is 2. The number of nitrogens with zero attached hydrogens (tertiary/aromatic N) is 2. The van der Waals surface area contributed by atoms with Gasteiger partial charge in [0.1, 0.15) is 5.75 Å². The second-order valence-corrected chi connectivity index (χ2v) is 11.5. The van der Waals surface area contributed by atoms with Gasteiger partial charge in [-0.1, -0.05) is 67.9 Å². The number of phenols is 1. The Morgan fingerprint density at radius 2 is 1.87 bits per heavy atom. The van der Waals surface area contributed by atoms with Crippen LogP contribution in [-0.2, 0) is 22.6 Å². The lowest BCUT2D eigenvalue weighted by Gasteiger charge is -2.47. The number of likely N-dealkylation sites (tertiary alicyclic amines) is 1. The number of hydrogen-bond donors (Lipinski definition) is 2.